The molecule has 0 aromatic rings. The van der Waals surface area contributed by atoms with Crippen LogP contribution in [0.1, 0.15) is 77.6 Å². The van der Waals surface area contributed by atoms with Crippen molar-refractivity contribution in [2.24, 2.45) is 29.1 Å². The van der Waals surface area contributed by atoms with Crippen LogP contribution in [0, 0.1) is 29.1 Å². The molecule has 1 unspecified atom stereocenters. The van der Waals surface area contributed by atoms with Crippen molar-refractivity contribution in [3.8, 4) is 0 Å². The van der Waals surface area contributed by atoms with Crippen LogP contribution in [0.25, 0.3) is 0 Å². The molecule has 0 radical (unpaired) electrons. The van der Waals surface area contributed by atoms with E-state index in [1.54, 1.807) is 0 Å². The molecule has 0 N–H and O–H groups in total. The van der Waals surface area contributed by atoms with Gasteiger partial charge in [-0.15, -0.1) is 0 Å². The number of ether oxygens (including phenoxy) is 2. The maximum absolute atomic E-state index is 12.5. The highest BCUT2D eigenvalue weighted by Crippen LogP contribution is 2.61. The van der Waals surface area contributed by atoms with E-state index >= 15 is 0 Å². The molecule has 5 fully saturated rings. The molecule has 5 nitrogen and oxygen atoms in total. The van der Waals surface area contributed by atoms with Crippen LogP contribution in [0.2, 0.25) is 0 Å². The van der Waals surface area contributed by atoms with E-state index < -0.39 is 0 Å². The van der Waals surface area contributed by atoms with E-state index in [-0.39, 0.29) is 23.3 Å². The second-order valence-corrected chi connectivity index (χ2v) is 10.7. The van der Waals surface area contributed by atoms with E-state index in [0.29, 0.717) is 26.1 Å². The molecule has 1 aliphatic heterocycles. The topological polar surface area (TPSA) is 55.8 Å². The molecule has 0 aromatic carbocycles. The summed E-state index contributed by atoms with van der Waals surface area (Å²) in [5.41, 5.74) is 0.232. The Balaban J connectivity index is 1.10. The molecule has 1 heterocycles. The van der Waals surface area contributed by atoms with Gasteiger partial charge in [-0.05, 0) is 87.6 Å². The Bertz CT molecular complexity index is 548. The minimum atomic E-state index is -0.137. The lowest BCUT2D eigenvalue weighted by atomic mass is 9.49. The molecule has 5 heteroatoms. The monoisotopic (exact) mass is 405 g/mol. The second-order valence-electron chi connectivity index (χ2n) is 10.7. The summed E-state index contributed by atoms with van der Waals surface area (Å²) < 4.78 is 11.0. The summed E-state index contributed by atoms with van der Waals surface area (Å²) in [6.45, 7) is 5.67. The lowest BCUT2D eigenvalue weighted by Gasteiger charge is -2.56. The fourth-order valence-electron chi connectivity index (χ4n) is 6.89. The predicted octanol–water partition coefficient (Wildman–Crippen LogP) is 4.19. The van der Waals surface area contributed by atoms with Crippen LogP contribution in [0.3, 0.4) is 0 Å². The van der Waals surface area contributed by atoms with Gasteiger partial charge in [0, 0.05) is 12.5 Å². The highest BCUT2D eigenvalue weighted by molar-refractivity contribution is 5.70. The zero-order chi connectivity index (χ0) is 20.3. The summed E-state index contributed by atoms with van der Waals surface area (Å²) in [7, 11) is 0. The molecule has 5 aliphatic rings. The zero-order valence-corrected chi connectivity index (χ0v) is 18.2. The molecule has 29 heavy (non-hydrogen) atoms. The summed E-state index contributed by atoms with van der Waals surface area (Å²) in [5.74, 6) is 2.44. The number of hydrogen-bond acceptors (Lipinski definition) is 5. The first-order valence-electron chi connectivity index (χ1n) is 12.0. The van der Waals surface area contributed by atoms with Gasteiger partial charge in [-0.2, -0.15) is 0 Å². The van der Waals surface area contributed by atoms with Crippen molar-refractivity contribution in [2.45, 2.75) is 77.6 Å². The van der Waals surface area contributed by atoms with E-state index in [2.05, 4.69) is 4.90 Å². The van der Waals surface area contributed by atoms with Crippen molar-refractivity contribution in [3.05, 3.63) is 0 Å². The Hall–Kier alpha value is -1.10. The first kappa shape index (κ1) is 21.1. The van der Waals surface area contributed by atoms with Crippen LogP contribution >= 0.6 is 0 Å². The van der Waals surface area contributed by atoms with Gasteiger partial charge in [0.2, 0.25) is 0 Å². The first-order chi connectivity index (χ1) is 14.0. The van der Waals surface area contributed by atoms with Crippen molar-refractivity contribution in [2.75, 3.05) is 32.8 Å². The number of hydrogen-bond donors (Lipinski definition) is 0. The van der Waals surface area contributed by atoms with Crippen LogP contribution in [-0.2, 0) is 19.1 Å². The molecule has 0 amide bonds. The molecule has 0 aromatic heterocycles. The normalized spacial score (nSPS) is 34.7. The molecular weight excluding hydrogens is 366 g/mol. The van der Waals surface area contributed by atoms with E-state index in [1.165, 1.54) is 57.8 Å². The quantitative estimate of drug-likeness (QED) is 0.538. The highest BCUT2D eigenvalue weighted by Gasteiger charge is 2.51. The Morgan fingerprint density at radius 1 is 0.897 bits per heavy atom. The average molecular weight is 406 g/mol. The summed E-state index contributed by atoms with van der Waals surface area (Å²) in [4.78, 5) is 26.8. The van der Waals surface area contributed by atoms with Gasteiger partial charge in [-0.3, -0.25) is 9.59 Å². The maximum Gasteiger partial charge on any atom is 0.307 e. The summed E-state index contributed by atoms with van der Waals surface area (Å²) >= 11 is 0. The standard InChI is InChI=1S/C24H39NO4/c1-18(16-28-22(26)5-8-25-6-3-2-4-7-25)17-29-23(27)15-24-12-19-9-20(13-24)11-21(10-19)14-24/h18-21H,2-17H2,1H3. The third-order valence-electron chi connectivity index (χ3n) is 7.82. The predicted molar refractivity (Wildman–Crippen MR) is 111 cm³/mol. The minimum Gasteiger partial charge on any atom is -0.465 e. The van der Waals surface area contributed by atoms with Gasteiger partial charge < -0.3 is 14.4 Å². The largest absolute Gasteiger partial charge is 0.465 e. The molecule has 0 spiro atoms. The summed E-state index contributed by atoms with van der Waals surface area (Å²) in [5, 5.41) is 0. The third kappa shape index (κ3) is 5.74. The summed E-state index contributed by atoms with van der Waals surface area (Å²) in [6.07, 6.45) is 12.7. The molecule has 4 bridgehead atoms. The third-order valence-corrected chi connectivity index (χ3v) is 7.82. The number of piperidine rings is 1. The Labute approximate surface area is 175 Å². The van der Waals surface area contributed by atoms with Gasteiger partial charge >= 0.3 is 11.9 Å². The Kier molecular flexibility index (Phi) is 6.83. The average Bonchev–Trinajstić information content (AvgIpc) is 2.68. The number of carbonyl (C=O) groups excluding carboxylic acids is 2. The lowest BCUT2D eigenvalue weighted by molar-refractivity contribution is -0.154. The van der Waals surface area contributed by atoms with Crippen molar-refractivity contribution in [3.63, 3.8) is 0 Å². The molecule has 5 rings (SSSR count). The van der Waals surface area contributed by atoms with Gasteiger partial charge in [-0.25, -0.2) is 0 Å². The van der Waals surface area contributed by atoms with E-state index in [0.717, 1.165) is 37.4 Å². The first-order valence-corrected chi connectivity index (χ1v) is 12.0. The lowest BCUT2D eigenvalue weighted by Crippen LogP contribution is -2.47. The van der Waals surface area contributed by atoms with Crippen LogP contribution in [0.4, 0.5) is 0 Å². The van der Waals surface area contributed by atoms with Crippen molar-refractivity contribution in [1.82, 2.24) is 4.90 Å². The SMILES string of the molecule is CC(COC(=O)CCN1CCCCC1)COC(=O)CC12CC3CC(CC(C3)C1)C2. The summed E-state index contributed by atoms with van der Waals surface area (Å²) in [6, 6.07) is 0. The Morgan fingerprint density at radius 2 is 1.45 bits per heavy atom. The van der Waals surface area contributed by atoms with E-state index in [1.807, 2.05) is 6.92 Å². The van der Waals surface area contributed by atoms with Crippen LogP contribution in [0.15, 0.2) is 0 Å². The zero-order valence-electron chi connectivity index (χ0n) is 18.2. The number of nitrogens with zero attached hydrogens (tertiary/aromatic N) is 1. The maximum atomic E-state index is 12.5. The van der Waals surface area contributed by atoms with Gasteiger partial charge in [0.1, 0.15) is 0 Å². The molecule has 1 atom stereocenters. The van der Waals surface area contributed by atoms with Crippen LogP contribution in [-0.4, -0.2) is 49.7 Å². The molecule has 4 aliphatic carbocycles. The van der Waals surface area contributed by atoms with E-state index in [9.17, 15) is 9.59 Å². The highest BCUT2D eigenvalue weighted by atomic mass is 16.5. The number of rotatable bonds is 9. The van der Waals surface area contributed by atoms with Gasteiger partial charge in [0.15, 0.2) is 0 Å². The van der Waals surface area contributed by atoms with Gasteiger partial charge in [-0.1, -0.05) is 13.3 Å². The molecular formula is C24H39NO4. The van der Waals surface area contributed by atoms with Crippen molar-refractivity contribution < 1.29 is 19.1 Å². The molecule has 164 valence electrons. The smallest absolute Gasteiger partial charge is 0.307 e. The van der Waals surface area contributed by atoms with Crippen LogP contribution < -0.4 is 0 Å². The number of carbonyl (C=O) groups is 2. The van der Waals surface area contributed by atoms with Crippen molar-refractivity contribution >= 4 is 11.9 Å². The fraction of sp³-hybridized carbons (Fsp3) is 0.917. The second kappa shape index (κ2) is 9.36. The van der Waals surface area contributed by atoms with Gasteiger partial charge in [0.05, 0.1) is 26.1 Å². The van der Waals surface area contributed by atoms with E-state index in [4.69, 9.17) is 9.47 Å². The minimum absolute atomic E-state index is 0.0461. The van der Waals surface area contributed by atoms with Gasteiger partial charge in [0.25, 0.3) is 0 Å². The fourth-order valence-corrected chi connectivity index (χ4v) is 6.89. The van der Waals surface area contributed by atoms with Crippen LogP contribution in [0.5, 0.6) is 0 Å². The van der Waals surface area contributed by atoms with Crippen molar-refractivity contribution in [1.29, 1.82) is 0 Å². The Morgan fingerprint density at radius 3 is 2.03 bits per heavy atom. The molecule has 1 saturated heterocycles. The number of likely N-dealkylation sites (tertiary alicyclic amines) is 1. The molecule has 4 saturated carbocycles. The number of esters is 2.